The molecule has 0 saturated carbocycles. The fourth-order valence-corrected chi connectivity index (χ4v) is 2.25. The highest BCUT2D eigenvalue weighted by Crippen LogP contribution is 2.33. The summed E-state index contributed by atoms with van der Waals surface area (Å²) in [5, 5.41) is 18.4. The van der Waals surface area contributed by atoms with Crippen molar-refractivity contribution in [2.45, 2.75) is 24.9 Å². The molecule has 1 aromatic heterocycles. The average Bonchev–Trinajstić information content (AvgIpc) is 2.82. The van der Waals surface area contributed by atoms with Gasteiger partial charge < -0.3 is 15.1 Å². The Hall–Kier alpha value is -1.07. The molecule has 0 aliphatic heterocycles. The second-order valence-corrected chi connectivity index (χ2v) is 5.00. The van der Waals surface area contributed by atoms with E-state index >= 15 is 0 Å². The summed E-state index contributed by atoms with van der Waals surface area (Å²) in [6, 6.07) is 0. The molecule has 0 spiro atoms. The second-order valence-electron chi connectivity index (χ2n) is 4.16. The van der Waals surface area contributed by atoms with Crippen LogP contribution in [0.4, 0.5) is 31.5 Å². The number of nitrogens with zero attached hydrogens (tertiary/aromatic N) is 2. The average molecular weight is 338 g/mol. The van der Waals surface area contributed by atoms with Gasteiger partial charge in [-0.05, 0) is 0 Å². The molecule has 0 bridgehead atoms. The first kappa shape index (κ1) is 18.0. The highest BCUT2D eigenvalue weighted by molar-refractivity contribution is 7.13. The Morgan fingerprint density at radius 3 is 2.29 bits per heavy atom. The molecule has 0 fully saturated rings. The minimum Gasteiger partial charge on any atom is -0.394 e. The maximum Gasteiger partial charge on any atom is 0.434 e. The van der Waals surface area contributed by atoms with Gasteiger partial charge in [0.1, 0.15) is 0 Å². The summed E-state index contributed by atoms with van der Waals surface area (Å²) in [6.07, 6.45) is -11.8. The Kier molecular flexibility index (Phi) is 5.82. The van der Waals surface area contributed by atoms with Crippen LogP contribution in [-0.4, -0.2) is 47.2 Å². The Labute approximate surface area is 119 Å². The lowest BCUT2D eigenvalue weighted by Crippen LogP contribution is -2.36. The predicted octanol–water partition coefficient (Wildman–Crippen LogP) is 2.27. The SMILES string of the molecule is OC[C@@H](O)CN(CCC(F)(F)F)c1nc(C(F)(F)F)cs1. The highest BCUT2D eigenvalue weighted by atomic mass is 32.1. The van der Waals surface area contributed by atoms with Crippen LogP contribution in [0, 0.1) is 0 Å². The molecule has 4 nitrogen and oxygen atoms in total. The quantitative estimate of drug-likeness (QED) is 0.782. The molecule has 21 heavy (non-hydrogen) atoms. The Morgan fingerprint density at radius 1 is 1.24 bits per heavy atom. The lowest BCUT2D eigenvalue weighted by molar-refractivity contribution is -0.140. The standard InChI is InChI=1S/C10H12F6N2O2S/c11-9(12,13)1-2-18(3-6(20)4-19)8-17-7(5-21-8)10(14,15)16/h5-6,19-20H,1-4H2/t6-/m0/s1. The van der Waals surface area contributed by atoms with E-state index in [2.05, 4.69) is 4.98 Å². The van der Waals surface area contributed by atoms with Crippen molar-refractivity contribution < 1.29 is 36.6 Å². The highest BCUT2D eigenvalue weighted by Gasteiger charge is 2.35. The topological polar surface area (TPSA) is 56.6 Å². The fourth-order valence-electron chi connectivity index (χ4n) is 1.38. The summed E-state index contributed by atoms with van der Waals surface area (Å²) in [7, 11) is 0. The largest absolute Gasteiger partial charge is 0.434 e. The first-order chi connectivity index (χ1) is 9.53. The third-order valence-electron chi connectivity index (χ3n) is 2.36. The van der Waals surface area contributed by atoms with Crippen LogP contribution >= 0.6 is 11.3 Å². The number of hydrogen-bond donors (Lipinski definition) is 2. The first-order valence-electron chi connectivity index (χ1n) is 5.66. The molecule has 1 atom stereocenters. The minimum absolute atomic E-state index is 0.293. The predicted molar refractivity (Wildman–Crippen MR) is 63.1 cm³/mol. The normalized spacial score (nSPS) is 14.3. The summed E-state index contributed by atoms with van der Waals surface area (Å²) in [6.45, 7) is -1.83. The summed E-state index contributed by atoms with van der Waals surface area (Å²) in [4.78, 5) is 4.10. The van der Waals surface area contributed by atoms with Crippen molar-refractivity contribution >= 4 is 16.5 Å². The molecule has 0 aliphatic carbocycles. The fraction of sp³-hybridized carbons (Fsp3) is 0.700. The zero-order valence-corrected chi connectivity index (χ0v) is 11.3. The van der Waals surface area contributed by atoms with Crippen molar-refractivity contribution in [1.82, 2.24) is 4.98 Å². The van der Waals surface area contributed by atoms with Gasteiger partial charge in [0.2, 0.25) is 0 Å². The van der Waals surface area contributed by atoms with E-state index in [0.29, 0.717) is 16.7 Å². The molecule has 1 rings (SSSR count). The minimum atomic E-state index is -4.69. The molecule has 0 amide bonds. The molecule has 2 N–H and O–H groups in total. The molecule has 1 heterocycles. The van der Waals surface area contributed by atoms with Gasteiger partial charge in [-0.25, -0.2) is 4.98 Å². The molecular weight excluding hydrogens is 326 g/mol. The van der Waals surface area contributed by atoms with Crippen LogP contribution in [0.25, 0.3) is 0 Å². The number of aliphatic hydroxyl groups excluding tert-OH is 2. The number of hydrogen-bond acceptors (Lipinski definition) is 5. The van der Waals surface area contributed by atoms with Gasteiger partial charge >= 0.3 is 12.4 Å². The summed E-state index contributed by atoms with van der Waals surface area (Å²) in [5.74, 6) is 0. The van der Waals surface area contributed by atoms with Crippen LogP contribution in [0.2, 0.25) is 0 Å². The van der Waals surface area contributed by atoms with Crippen LogP contribution in [0.5, 0.6) is 0 Å². The third kappa shape index (κ3) is 6.06. The molecular formula is C10H12F6N2O2S. The van der Waals surface area contributed by atoms with Crippen molar-refractivity contribution in [3.63, 3.8) is 0 Å². The van der Waals surface area contributed by atoms with Crippen molar-refractivity contribution in [2.24, 2.45) is 0 Å². The Bertz CT molecular complexity index is 447. The van der Waals surface area contributed by atoms with Crippen LogP contribution in [0.1, 0.15) is 12.1 Å². The van der Waals surface area contributed by atoms with E-state index in [1.54, 1.807) is 0 Å². The molecule has 1 aromatic rings. The van der Waals surface area contributed by atoms with Gasteiger partial charge in [0.25, 0.3) is 0 Å². The van der Waals surface area contributed by atoms with Gasteiger partial charge in [-0.15, -0.1) is 11.3 Å². The summed E-state index contributed by atoms with van der Waals surface area (Å²) >= 11 is 0.522. The maximum atomic E-state index is 12.4. The molecule has 11 heteroatoms. The Morgan fingerprint density at radius 2 is 1.86 bits per heavy atom. The molecule has 0 radical (unpaired) electrons. The van der Waals surface area contributed by atoms with Gasteiger partial charge in [-0.2, -0.15) is 26.3 Å². The van der Waals surface area contributed by atoms with Crippen LogP contribution in [-0.2, 0) is 6.18 Å². The number of rotatable bonds is 6. The molecule has 0 aliphatic rings. The number of thiazole rings is 1. The molecule has 122 valence electrons. The molecule has 0 saturated heterocycles. The van der Waals surface area contributed by atoms with Crippen LogP contribution < -0.4 is 4.90 Å². The second kappa shape index (κ2) is 6.79. The van der Waals surface area contributed by atoms with Gasteiger partial charge in [0.05, 0.1) is 19.1 Å². The van der Waals surface area contributed by atoms with Gasteiger partial charge in [0, 0.05) is 18.5 Å². The monoisotopic (exact) mass is 338 g/mol. The third-order valence-corrected chi connectivity index (χ3v) is 3.26. The number of aromatic nitrogens is 1. The zero-order chi connectivity index (χ0) is 16.3. The van der Waals surface area contributed by atoms with Gasteiger partial charge in [-0.3, -0.25) is 0 Å². The van der Waals surface area contributed by atoms with E-state index in [9.17, 15) is 31.4 Å². The number of anilines is 1. The van der Waals surface area contributed by atoms with Crippen LogP contribution in [0.3, 0.4) is 0 Å². The summed E-state index contributed by atoms with van der Waals surface area (Å²) < 4.78 is 73.9. The first-order valence-corrected chi connectivity index (χ1v) is 6.54. The van der Waals surface area contributed by atoms with E-state index in [0.717, 1.165) is 4.90 Å². The Balaban J connectivity index is 2.87. The van der Waals surface area contributed by atoms with E-state index in [1.807, 2.05) is 0 Å². The number of halogens is 6. The van der Waals surface area contributed by atoms with E-state index in [-0.39, 0.29) is 5.13 Å². The smallest absolute Gasteiger partial charge is 0.394 e. The van der Waals surface area contributed by atoms with E-state index in [4.69, 9.17) is 5.11 Å². The number of aliphatic hydroxyl groups is 2. The summed E-state index contributed by atoms with van der Waals surface area (Å²) in [5.41, 5.74) is -1.21. The molecule has 0 aromatic carbocycles. The van der Waals surface area contributed by atoms with Crippen LogP contribution in [0.15, 0.2) is 5.38 Å². The number of alkyl halides is 6. The van der Waals surface area contributed by atoms with Gasteiger partial charge in [-0.1, -0.05) is 0 Å². The van der Waals surface area contributed by atoms with Crippen molar-refractivity contribution in [1.29, 1.82) is 0 Å². The maximum absolute atomic E-state index is 12.4. The zero-order valence-electron chi connectivity index (χ0n) is 10.4. The van der Waals surface area contributed by atoms with Gasteiger partial charge in [0.15, 0.2) is 10.8 Å². The molecule has 0 unspecified atom stereocenters. The lowest BCUT2D eigenvalue weighted by atomic mass is 10.3. The van der Waals surface area contributed by atoms with E-state index in [1.165, 1.54) is 0 Å². The van der Waals surface area contributed by atoms with E-state index < -0.39 is 50.3 Å². The lowest BCUT2D eigenvalue weighted by Gasteiger charge is -2.24. The van der Waals surface area contributed by atoms with Crippen molar-refractivity contribution in [2.75, 3.05) is 24.6 Å². The van der Waals surface area contributed by atoms with Crippen molar-refractivity contribution in [3.05, 3.63) is 11.1 Å². The van der Waals surface area contributed by atoms with Crippen molar-refractivity contribution in [3.8, 4) is 0 Å².